The summed E-state index contributed by atoms with van der Waals surface area (Å²) in [6.45, 7) is 0. The van der Waals surface area contributed by atoms with Crippen LogP contribution in [0.1, 0.15) is 16.0 Å². The summed E-state index contributed by atoms with van der Waals surface area (Å²) in [6, 6.07) is 11.0. The largest absolute Gasteiger partial charge is 0.496 e. The van der Waals surface area contributed by atoms with Crippen LogP contribution < -0.4 is 9.47 Å². The van der Waals surface area contributed by atoms with E-state index in [0.29, 0.717) is 10.0 Å². The van der Waals surface area contributed by atoms with Gasteiger partial charge in [-0.1, -0.05) is 45.2 Å². The van der Waals surface area contributed by atoms with E-state index in [-0.39, 0.29) is 4.83 Å². The van der Waals surface area contributed by atoms with Crippen LogP contribution in [0.3, 0.4) is 0 Å². The van der Waals surface area contributed by atoms with E-state index in [1.807, 2.05) is 24.3 Å². The summed E-state index contributed by atoms with van der Waals surface area (Å²) in [7, 11) is 3.25. The molecule has 106 valence electrons. The minimum absolute atomic E-state index is 0.181. The lowest BCUT2D eigenvalue weighted by Gasteiger charge is -2.19. The molecular weight excluding hydrogens is 363 g/mol. The standard InChI is InChI=1S/C15H13BrCl2O2/c1-19-12-4-3-5-13(20-2)14(12)15(16)10-8-9(17)6-7-11(10)18/h3-8,15H,1-2H3. The van der Waals surface area contributed by atoms with Crippen molar-refractivity contribution in [3.8, 4) is 11.5 Å². The van der Waals surface area contributed by atoms with Crippen LogP contribution in [0.25, 0.3) is 0 Å². The second-order valence-electron chi connectivity index (χ2n) is 4.10. The Bertz CT molecular complexity index is 595. The van der Waals surface area contributed by atoms with Gasteiger partial charge in [-0.2, -0.15) is 0 Å². The van der Waals surface area contributed by atoms with Crippen molar-refractivity contribution in [1.82, 2.24) is 0 Å². The van der Waals surface area contributed by atoms with E-state index < -0.39 is 0 Å². The fourth-order valence-corrected chi connectivity index (χ4v) is 3.36. The molecule has 0 aliphatic carbocycles. The van der Waals surface area contributed by atoms with Gasteiger partial charge in [0.2, 0.25) is 0 Å². The normalized spacial score (nSPS) is 12.1. The Morgan fingerprint density at radius 1 is 1.00 bits per heavy atom. The van der Waals surface area contributed by atoms with E-state index in [1.54, 1.807) is 26.4 Å². The molecule has 0 heterocycles. The Kier molecular flexibility index (Phi) is 5.19. The van der Waals surface area contributed by atoms with Gasteiger partial charge in [-0.3, -0.25) is 0 Å². The number of benzene rings is 2. The SMILES string of the molecule is COc1cccc(OC)c1C(Br)c1cc(Cl)ccc1Cl. The van der Waals surface area contributed by atoms with Gasteiger partial charge in [0.05, 0.1) is 24.6 Å². The first-order chi connectivity index (χ1) is 9.58. The van der Waals surface area contributed by atoms with Crippen LogP contribution in [0.2, 0.25) is 10.0 Å². The number of halogens is 3. The molecule has 2 aromatic carbocycles. The molecule has 0 fully saturated rings. The van der Waals surface area contributed by atoms with E-state index in [4.69, 9.17) is 32.7 Å². The van der Waals surface area contributed by atoms with Crippen LogP contribution >= 0.6 is 39.1 Å². The lowest BCUT2D eigenvalue weighted by atomic mass is 10.0. The van der Waals surface area contributed by atoms with Gasteiger partial charge in [0.15, 0.2) is 0 Å². The molecule has 2 rings (SSSR count). The number of methoxy groups -OCH3 is 2. The first-order valence-corrected chi connectivity index (χ1v) is 7.55. The summed E-state index contributed by atoms with van der Waals surface area (Å²) < 4.78 is 10.8. The zero-order chi connectivity index (χ0) is 14.7. The van der Waals surface area contributed by atoms with Gasteiger partial charge in [0, 0.05) is 10.0 Å². The van der Waals surface area contributed by atoms with Gasteiger partial charge >= 0.3 is 0 Å². The van der Waals surface area contributed by atoms with Crippen LogP contribution in [0.4, 0.5) is 0 Å². The van der Waals surface area contributed by atoms with Gasteiger partial charge in [-0.05, 0) is 35.9 Å². The third kappa shape index (κ3) is 3.05. The third-order valence-corrected chi connectivity index (χ3v) is 4.48. The zero-order valence-electron chi connectivity index (χ0n) is 11.0. The number of alkyl halides is 1. The fourth-order valence-electron chi connectivity index (χ4n) is 1.99. The maximum absolute atomic E-state index is 6.26. The Balaban J connectivity index is 2.58. The summed E-state index contributed by atoms with van der Waals surface area (Å²) in [5.41, 5.74) is 1.74. The molecule has 0 amide bonds. The average molecular weight is 376 g/mol. The summed E-state index contributed by atoms with van der Waals surface area (Å²) in [6.07, 6.45) is 0. The van der Waals surface area contributed by atoms with E-state index >= 15 is 0 Å². The molecule has 2 aromatic rings. The van der Waals surface area contributed by atoms with Crippen molar-refractivity contribution in [2.75, 3.05) is 14.2 Å². The Labute approximate surface area is 136 Å². The van der Waals surface area contributed by atoms with Crippen LogP contribution in [0, 0.1) is 0 Å². The van der Waals surface area contributed by atoms with E-state index in [1.165, 1.54) is 0 Å². The molecule has 1 unspecified atom stereocenters. The molecule has 0 saturated heterocycles. The van der Waals surface area contributed by atoms with Crippen molar-refractivity contribution in [2.24, 2.45) is 0 Å². The highest BCUT2D eigenvalue weighted by Gasteiger charge is 2.22. The number of hydrogen-bond donors (Lipinski definition) is 0. The minimum atomic E-state index is -0.181. The van der Waals surface area contributed by atoms with Crippen LogP contribution in [-0.2, 0) is 0 Å². The Morgan fingerprint density at radius 3 is 2.15 bits per heavy atom. The second kappa shape index (κ2) is 6.70. The smallest absolute Gasteiger partial charge is 0.127 e. The van der Waals surface area contributed by atoms with Crippen molar-refractivity contribution >= 4 is 39.1 Å². The minimum Gasteiger partial charge on any atom is -0.496 e. The van der Waals surface area contributed by atoms with E-state index in [2.05, 4.69) is 15.9 Å². The fraction of sp³-hybridized carbons (Fsp3) is 0.200. The predicted molar refractivity (Wildman–Crippen MR) is 86.8 cm³/mol. The van der Waals surface area contributed by atoms with Crippen molar-refractivity contribution in [1.29, 1.82) is 0 Å². The van der Waals surface area contributed by atoms with Crippen LogP contribution in [-0.4, -0.2) is 14.2 Å². The summed E-state index contributed by atoms with van der Waals surface area (Å²) in [4.78, 5) is -0.181. The molecular formula is C15H13BrCl2O2. The number of ether oxygens (including phenoxy) is 2. The second-order valence-corrected chi connectivity index (χ2v) is 5.86. The molecule has 0 saturated carbocycles. The molecule has 0 aromatic heterocycles. The summed E-state index contributed by atoms with van der Waals surface area (Å²) in [5.74, 6) is 1.45. The van der Waals surface area contributed by atoms with Crippen LogP contribution in [0.5, 0.6) is 11.5 Å². The molecule has 0 spiro atoms. The summed E-state index contributed by atoms with van der Waals surface area (Å²) in [5, 5.41) is 1.26. The van der Waals surface area contributed by atoms with Crippen molar-refractivity contribution < 1.29 is 9.47 Å². The van der Waals surface area contributed by atoms with Crippen molar-refractivity contribution in [3.63, 3.8) is 0 Å². The first kappa shape index (κ1) is 15.5. The average Bonchev–Trinajstić information content (AvgIpc) is 2.48. The van der Waals surface area contributed by atoms with Crippen LogP contribution in [0.15, 0.2) is 36.4 Å². The van der Waals surface area contributed by atoms with E-state index in [9.17, 15) is 0 Å². The van der Waals surface area contributed by atoms with Gasteiger partial charge in [0.1, 0.15) is 11.5 Å². The third-order valence-electron chi connectivity index (χ3n) is 2.95. The lowest BCUT2D eigenvalue weighted by molar-refractivity contribution is 0.386. The molecule has 0 aliphatic heterocycles. The zero-order valence-corrected chi connectivity index (χ0v) is 14.1. The molecule has 1 atom stereocenters. The van der Waals surface area contributed by atoms with Crippen molar-refractivity contribution in [2.45, 2.75) is 4.83 Å². The Morgan fingerprint density at radius 2 is 1.60 bits per heavy atom. The van der Waals surface area contributed by atoms with Gasteiger partial charge in [-0.15, -0.1) is 0 Å². The highest BCUT2D eigenvalue weighted by atomic mass is 79.9. The molecule has 0 radical (unpaired) electrons. The lowest BCUT2D eigenvalue weighted by Crippen LogP contribution is -2.01. The molecule has 0 aliphatic rings. The maximum atomic E-state index is 6.26. The van der Waals surface area contributed by atoms with Gasteiger partial charge in [0.25, 0.3) is 0 Å². The van der Waals surface area contributed by atoms with Gasteiger partial charge in [-0.25, -0.2) is 0 Å². The van der Waals surface area contributed by atoms with Crippen molar-refractivity contribution in [3.05, 3.63) is 57.6 Å². The molecule has 20 heavy (non-hydrogen) atoms. The Hall–Kier alpha value is -0.900. The maximum Gasteiger partial charge on any atom is 0.127 e. The molecule has 0 bridgehead atoms. The monoisotopic (exact) mass is 374 g/mol. The number of hydrogen-bond acceptors (Lipinski definition) is 2. The molecule has 5 heteroatoms. The van der Waals surface area contributed by atoms with E-state index in [0.717, 1.165) is 22.6 Å². The highest BCUT2D eigenvalue weighted by Crippen LogP contribution is 2.44. The van der Waals surface area contributed by atoms with Gasteiger partial charge < -0.3 is 9.47 Å². The first-order valence-electron chi connectivity index (χ1n) is 5.88. The predicted octanol–water partition coefficient (Wildman–Crippen LogP) is 5.49. The summed E-state index contributed by atoms with van der Waals surface area (Å²) >= 11 is 16.0. The topological polar surface area (TPSA) is 18.5 Å². The number of rotatable bonds is 4. The molecule has 0 N–H and O–H groups in total. The highest BCUT2D eigenvalue weighted by molar-refractivity contribution is 9.09. The molecule has 2 nitrogen and oxygen atoms in total. The quantitative estimate of drug-likeness (QED) is 0.657.